The zero-order valence-corrected chi connectivity index (χ0v) is 22.9. The van der Waals surface area contributed by atoms with Crippen molar-refractivity contribution in [3.63, 3.8) is 0 Å². The number of hydrogen-bond acceptors (Lipinski definition) is 10. The number of carbonyl (C=O) groups is 2. The second-order valence-corrected chi connectivity index (χ2v) is 9.83. The van der Waals surface area contributed by atoms with Gasteiger partial charge in [-0.05, 0) is 60.9 Å². The molecule has 0 atom stereocenters. The molecule has 1 aromatic carbocycles. The topological polar surface area (TPSA) is 177 Å². The summed E-state index contributed by atoms with van der Waals surface area (Å²) in [7, 11) is 5.70. The first-order chi connectivity index (χ1) is 18.5. The van der Waals surface area contributed by atoms with Crippen LogP contribution in [0.4, 0.5) is 11.4 Å². The predicted molar refractivity (Wildman–Crippen MR) is 148 cm³/mol. The minimum Gasteiger partial charge on any atom is -0.452 e. The summed E-state index contributed by atoms with van der Waals surface area (Å²) < 4.78 is 6.14. The number of nitro benzene ring substituents is 1. The monoisotopic (exact) mass is 541 g/mol. The van der Waals surface area contributed by atoms with Gasteiger partial charge in [0.2, 0.25) is 11.8 Å². The van der Waals surface area contributed by atoms with Crippen LogP contribution in [-0.2, 0) is 11.3 Å². The maximum absolute atomic E-state index is 13.2. The number of nitrogens with zero attached hydrogens (tertiary/aromatic N) is 4. The molecule has 13 nitrogen and oxygen atoms in total. The Morgan fingerprint density at radius 3 is 2.51 bits per heavy atom. The smallest absolute Gasteiger partial charge is 0.276 e. The molecule has 1 aliphatic carbocycles. The van der Waals surface area contributed by atoms with Crippen molar-refractivity contribution in [3.8, 4) is 11.5 Å². The van der Waals surface area contributed by atoms with Gasteiger partial charge in [-0.3, -0.25) is 24.5 Å². The van der Waals surface area contributed by atoms with Gasteiger partial charge >= 0.3 is 0 Å². The molecule has 0 unspecified atom stereocenters. The van der Waals surface area contributed by atoms with Gasteiger partial charge in [0.1, 0.15) is 11.2 Å². The first kappa shape index (κ1) is 29.5. The number of rotatable bonds is 13. The molecule has 3 rings (SSSR count). The molecule has 1 heterocycles. The lowest BCUT2D eigenvalue weighted by atomic mass is 9.99. The van der Waals surface area contributed by atoms with E-state index in [0.29, 0.717) is 50.0 Å². The number of anilines is 1. The number of nitrogen functional groups attached to an aromatic ring is 1. The van der Waals surface area contributed by atoms with Crippen LogP contribution in [0.25, 0.3) is 22.6 Å². The lowest BCUT2D eigenvalue weighted by Crippen LogP contribution is -2.31. The lowest BCUT2D eigenvalue weighted by molar-refractivity contribution is -0.385. The summed E-state index contributed by atoms with van der Waals surface area (Å²) in [6, 6.07) is 1.45. The Morgan fingerprint density at radius 2 is 1.87 bits per heavy atom. The zero-order chi connectivity index (χ0) is 28.9. The molecule has 1 aliphatic heterocycles. The van der Waals surface area contributed by atoms with Gasteiger partial charge < -0.3 is 30.6 Å². The Hall–Kier alpha value is -4.10. The number of nitro groups is 1. The van der Waals surface area contributed by atoms with E-state index in [1.54, 1.807) is 6.92 Å². The summed E-state index contributed by atoms with van der Waals surface area (Å²) in [5.74, 6) is -0.488. The van der Waals surface area contributed by atoms with Crippen LogP contribution in [0.1, 0.15) is 39.9 Å². The van der Waals surface area contributed by atoms with Crippen LogP contribution in [0.3, 0.4) is 0 Å². The van der Waals surface area contributed by atoms with Crippen LogP contribution in [0.15, 0.2) is 15.3 Å². The molecule has 0 bridgehead atoms. The molecule has 2 amide bonds. The third-order valence-corrected chi connectivity index (χ3v) is 6.51. The number of aryl methyl sites for hydroxylation is 1. The number of nitrogens with two attached hydrogens (primary N) is 1. The summed E-state index contributed by atoms with van der Waals surface area (Å²) in [4.78, 5) is 56.7. The maximum Gasteiger partial charge on any atom is 0.276 e. The molecule has 0 aromatic heterocycles. The van der Waals surface area contributed by atoms with Gasteiger partial charge in [0.05, 0.1) is 21.7 Å². The Morgan fingerprint density at radius 1 is 1.18 bits per heavy atom. The second kappa shape index (κ2) is 12.6. The number of amides is 2. The van der Waals surface area contributed by atoms with Gasteiger partial charge in [0, 0.05) is 36.8 Å². The van der Waals surface area contributed by atoms with E-state index in [0.717, 1.165) is 6.54 Å². The molecule has 0 saturated carbocycles. The summed E-state index contributed by atoms with van der Waals surface area (Å²) >= 11 is 0. The van der Waals surface area contributed by atoms with Crippen LogP contribution in [-0.4, -0.2) is 79.3 Å². The molecule has 1 aromatic rings. The highest BCUT2D eigenvalue weighted by Gasteiger charge is 2.30. The highest BCUT2D eigenvalue weighted by atomic mass is 16.6. The maximum atomic E-state index is 13.2. The van der Waals surface area contributed by atoms with Crippen LogP contribution in [0, 0.1) is 24.0 Å². The number of fused-ring (bicyclic) bond motifs is 2. The fourth-order valence-corrected chi connectivity index (χ4v) is 4.42. The minimum atomic E-state index is -0.558. The van der Waals surface area contributed by atoms with Crippen molar-refractivity contribution in [2.45, 2.75) is 33.2 Å². The van der Waals surface area contributed by atoms with Crippen molar-refractivity contribution in [1.82, 2.24) is 25.4 Å². The molecule has 0 spiro atoms. The molecular formula is C26H35N7O6. The minimum absolute atomic E-state index is 0.0583. The van der Waals surface area contributed by atoms with Crippen molar-refractivity contribution in [2.75, 3.05) is 53.1 Å². The molecule has 0 fully saturated rings. The van der Waals surface area contributed by atoms with Crippen molar-refractivity contribution in [3.05, 3.63) is 48.7 Å². The van der Waals surface area contributed by atoms with Crippen molar-refractivity contribution < 1.29 is 18.9 Å². The second-order valence-electron chi connectivity index (χ2n) is 9.83. The van der Waals surface area contributed by atoms with Gasteiger partial charge in [-0.1, -0.05) is 0 Å². The zero-order valence-electron chi connectivity index (χ0n) is 22.9. The first-order valence-corrected chi connectivity index (χ1v) is 12.6. The molecule has 2 aliphatic rings. The fraction of sp³-hybridized carbons (Fsp3) is 0.462. The molecule has 39 heavy (non-hydrogen) atoms. The van der Waals surface area contributed by atoms with Gasteiger partial charge in [-0.25, -0.2) is 4.98 Å². The standard InChI is InChI=1S/C26H35N7O6/c1-15-18(33(37)38)12-17(13-32(5)11-6-8-28-14-34)21-24(15)39-25-16(2)23(35)20(27)19(22(25)30-21)26(36)29-9-7-10-31(3)4/h12,14H,6-11,13,27H2,1-5H3,(H,28,34)(H,29,36). The van der Waals surface area contributed by atoms with E-state index in [4.69, 9.17) is 15.1 Å². The average molecular weight is 542 g/mol. The molecule has 13 heteroatoms. The molecule has 0 saturated heterocycles. The summed E-state index contributed by atoms with van der Waals surface area (Å²) in [5, 5.41) is 17.3. The highest BCUT2D eigenvalue weighted by Crippen LogP contribution is 2.37. The SMILES string of the molecule is Cc1c2oc3c(C)c([N+](=O)[O-])cc(CN(C)CCCNC=O)c3nc-2c(C(=O)NCCCN(C)C)c(N)c1=O. The number of hydrogen-bond donors (Lipinski definition) is 3. The third kappa shape index (κ3) is 6.49. The number of aromatic nitrogens is 1. The average Bonchev–Trinajstić information content (AvgIpc) is 2.88. The van der Waals surface area contributed by atoms with Gasteiger partial charge in [-0.2, -0.15) is 0 Å². The third-order valence-electron chi connectivity index (χ3n) is 6.51. The Kier molecular flexibility index (Phi) is 9.54. The highest BCUT2D eigenvalue weighted by molar-refractivity contribution is 6.05. The fourth-order valence-electron chi connectivity index (χ4n) is 4.42. The number of carbonyl (C=O) groups excluding carboxylic acids is 2. The van der Waals surface area contributed by atoms with E-state index in [9.17, 15) is 24.5 Å². The van der Waals surface area contributed by atoms with Crippen LogP contribution in [0.2, 0.25) is 0 Å². The first-order valence-electron chi connectivity index (χ1n) is 12.6. The largest absolute Gasteiger partial charge is 0.452 e. The lowest BCUT2D eigenvalue weighted by Gasteiger charge is -2.20. The molecule has 4 N–H and O–H groups in total. The predicted octanol–water partition coefficient (Wildman–Crippen LogP) is 1.65. The van der Waals surface area contributed by atoms with Gasteiger partial charge in [0.15, 0.2) is 11.3 Å². The van der Waals surface area contributed by atoms with Crippen molar-refractivity contribution in [2.24, 2.45) is 0 Å². The van der Waals surface area contributed by atoms with Crippen LogP contribution in [0.5, 0.6) is 0 Å². The normalized spacial score (nSPS) is 11.5. The molecule has 210 valence electrons. The van der Waals surface area contributed by atoms with Crippen molar-refractivity contribution >= 4 is 34.8 Å². The van der Waals surface area contributed by atoms with Crippen molar-refractivity contribution in [1.29, 1.82) is 0 Å². The quantitative estimate of drug-likeness (QED) is 0.0720. The summed E-state index contributed by atoms with van der Waals surface area (Å²) in [5.41, 5.74) is 6.68. The molecular weight excluding hydrogens is 506 g/mol. The van der Waals surface area contributed by atoms with Crippen LogP contribution < -0.4 is 21.8 Å². The van der Waals surface area contributed by atoms with E-state index in [-0.39, 0.29) is 51.6 Å². The Labute approximate surface area is 225 Å². The Bertz CT molecular complexity index is 1420. The summed E-state index contributed by atoms with van der Waals surface area (Å²) in [6.45, 7) is 5.57. The van der Waals surface area contributed by atoms with E-state index in [2.05, 4.69) is 10.6 Å². The Balaban J connectivity index is 2.18. The van der Waals surface area contributed by atoms with E-state index >= 15 is 0 Å². The van der Waals surface area contributed by atoms with Gasteiger partial charge in [0.25, 0.3) is 11.6 Å². The summed E-state index contributed by atoms with van der Waals surface area (Å²) in [6.07, 6.45) is 1.99. The van der Waals surface area contributed by atoms with E-state index in [1.807, 2.05) is 30.9 Å². The molecule has 0 radical (unpaired) electrons. The van der Waals surface area contributed by atoms with Crippen LogP contribution >= 0.6 is 0 Å². The van der Waals surface area contributed by atoms with E-state index < -0.39 is 16.3 Å². The van der Waals surface area contributed by atoms with Gasteiger partial charge in [-0.15, -0.1) is 0 Å². The van der Waals surface area contributed by atoms with E-state index in [1.165, 1.54) is 13.0 Å². The number of benzene rings is 2. The number of nitrogens with one attached hydrogen (secondary N) is 2.